The fourth-order valence-corrected chi connectivity index (χ4v) is 4.95. The molecule has 11 nitrogen and oxygen atoms in total. The predicted octanol–water partition coefficient (Wildman–Crippen LogP) is 2.96. The molecule has 12 heteroatoms. The van der Waals surface area contributed by atoms with Crippen LogP contribution in [0.1, 0.15) is 40.5 Å². The fraction of sp³-hybridized carbons (Fsp3) is 0.484. The summed E-state index contributed by atoms with van der Waals surface area (Å²) in [4.78, 5) is 51.3. The zero-order chi connectivity index (χ0) is 31.6. The number of allylic oxidation sites excluding steroid dienone is 4. The lowest BCUT2D eigenvalue weighted by Gasteiger charge is -2.30. The molecule has 0 radical (unpaired) electrons. The van der Waals surface area contributed by atoms with Crippen molar-refractivity contribution in [2.45, 2.75) is 65.0 Å². The van der Waals surface area contributed by atoms with Crippen LogP contribution in [0.25, 0.3) is 0 Å². The molecule has 2 bridgehead atoms. The van der Waals surface area contributed by atoms with Crippen molar-refractivity contribution in [3.63, 3.8) is 0 Å². The maximum atomic E-state index is 13.5. The van der Waals surface area contributed by atoms with E-state index in [1.165, 1.54) is 20.3 Å². The highest BCUT2D eigenvalue weighted by atomic mass is 35.5. The van der Waals surface area contributed by atoms with Crippen molar-refractivity contribution in [1.82, 2.24) is 10.6 Å². The number of nitrogens with two attached hydrogens (primary N) is 1. The van der Waals surface area contributed by atoms with Crippen LogP contribution in [0, 0.1) is 11.8 Å². The summed E-state index contributed by atoms with van der Waals surface area (Å²) < 4.78 is 16.6. The van der Waals surface area contributed by atoms with Crippen LogP contribution in [0.2, 0.25) is 0 Å². The van der Waals surface area contributed by atoms with Gasteiger partial charge in [-0.1, -0.05) is 44.2 Å². The van der Waals surface area contributed by atoms with Crippen LogP contribution in [-0.4, -0.2) is 73.9 Å². The number of ketones is 2. The number of aliphatic hydroxyl groups is 1. The summed E-state index contributed by atoms with van der Waals surface area (Å²) >= 11 is 0. The second kappa shape index (κ2) is 17.6. The Labute approximate surface area is 259 Å². The normalized spacial score (nSPS) is 30.9. The number of carbonyl (C=O) groups excluding carboxylic acids is 4. The minimum atomic E-state index is -1.00. The molecule has 2 aliphatic rings. The first-order chi connectivity index (χ1) is 19.8. The molecule has 6 atom stereocenters. The quantitative estimate of drug-likeness (QED) is 0.258. The summed E-state index contributed by atoms with van der Waals surface area (Å²) in [5, 5.41) is 16.7. The number of nitrogens with one attached hydrogen (secondary N) is 2. The predicted molar refractivity (Wildman–Crippen MR) is 165 cm³/mol. The van der Waals surface area contributed by atoms with E-state index >= 15 is 0 Å². The van der Waals surface area contributed by atoms with Crippen LogP contribution in [0.15, 0.2) is 71.1 Å². The SMILES string of the molecule is C=CCNC1=C2C[C@@H](C)C[C@H](OC)[C@H](O)[C@@H](C)/C=C(\C)C(OC(N)=O)C(OC)/C=C\C=C(/C)C(=O)NC(=CC1=O)C2=O.Cl. The molecule has 0 saturated heterocycles. The molecular formula is C31H44ClN3O8. The fourth-order valence-electron chi connectivity index (χ4n) is 4.95. The lowest BCUT2D eigenvalue weighted by Crippen LogP contribution is -2.37. The smallest absolute Gasteiger partial charge is 0.405 e. The number of aliphatic hydroxyl groups excluding tert-OH is 1. The molecule has 43 heavy (non-hydrogen) atoms. The Morgan fingerprint density at radius 1 is 1.21 bits per heavy atom. The van der Waals surface area contributed by atoms with Gasteiger partial charge < -0.3 is 35.7 Å². The molecule has 2 amide bonds. The molecule has 238 valence electrons. The molecule has 1 aliphatic carbocycles. The highest BCUT2D eigenvalue weighted by Crippen LogP contribution is 2.28. The van der Waals surface area contributed by atoms with Gasteiger partial charge in [-0.2, -0.15) is 0 Å². The van der Waals surface area contributed by atoms with Gasteiger partial charge in [0.25, 0.3) is 5.91 Å². The second-order valence-electron chi connectivity index (χ2n) is 10.6. The Bertz CT molecular complexity index is 1220. The van der Waals surface area contributed by atoms with Gasteiger partial charge in [0, 0.05) is 43.9 Å². The number of carbonyl (C=O) groups is 4. The third kappa shape index (κ3) is 10.3. The number of fused-ring (bicyclic) bond motifs is 2. The van der Waals surface area contributed by atoms with Gasteiger partial charge >= 0.3 is 6.09 Å². The van der Waals surface area contributed by atoms with Gasteiger partial charge in [0.05, 0.1) is 23.6 Å². The number of halogens is 1. The minimum Gasteiger partial charge on any atom is -0.439 e. The van der Waals surface area contributed by atoms with E-state index in [9.17, 15) is 24.3 Å². The van der Waals surface area contributed by atoms with Crippen molar-refractivity contribution in [3.05, 3.63) is 71.1 Å². The van der Waals surface area contributed by atoms with Crippen molar-refractivity contribution in [3.8, 4) is 0 Å². The third-order valence-electron chi connectivity index (χ3n) is 7.22. The van der Waals surface area contributed by atoms with Crippen LogP contribution >= 0.6 is 12.4 Å². The first-order valence-electron chi connectivity index (χ1n) is 13.8. The van der Waals surface area contributed by atoms with Crippen LogP contribution in [0.4, 0.5) is 4.79 Å². The van der Waals surface area contributed by atoms with Gasteiger partial charge in [0.2, 0.25) is 11.6 Å². The first kappa shape index (κ1) is 37.5. The third-order valence-corrected chi connectivity index (χ3v) is 7.22. The number of hydrogen-bond donors (Lipinski definition) is 4. The Morgan fingerprint density at radius 2 is 1.88 bits per heavy atom. The molecule has 1 aliphatic heterocycles. The van der Waals surface area contributed by atoms with Gasteiger partial charge in [-0.3, -0.25) is 14.4 Å². The van der Waals surface area contributed by atoms with Gasteiger partial charge in [-0.25, -0.2) is 4.79 Å². The maximum absolute atomic E-state index is 13.5. The number of amides is 2. The highest BCUT2D eigenvalue weighted by Gasteiger charge is 2.33. The standard InChI is InChI=1S/C31H43N3O8.ClH/c1-8-12-33-26-21-13-17(2)14-25(41-7)27(36)19(4)15-20(5)29(42-31(32)39)24(40-6)11-9-10-18(3)30(38)34-22(28(21)37)16-23(26)35;/h8-11,15-17,19,24-25,27,29,33,36H,1,12-14H2,2-7H3,(H2,32,39)(H,34,38);1H/b11-9-,18-10+,20-15+;/t17-,19+,24?,25+,27-,29?;/m1./s1. The van der Waals surface area contributed by atoms with Crippen molar-refractivity contribution >= 4 is 36.0 Å². The Morgan fingerprint density at radius 3 is 2.47 bits per heavy atom. The van der Waals surface area contributed by atoms with E-state index in [1.54, 1.807) is 45.1 Å². The number of methoxy groups -OCH3 is 2. The number of Topliss-reactive ketones (excluding diaryl/α,β-unsaturated/α-hetero) is 1. The summed E-state index contributed by atoms with van der Waals surface area (Å²) in [5.74, 6) is -2.14. The summed E-state index contributed by atoms with van der Waals surface area (Å²) in [7, 11) is 2.92. The molecule has 0 spiro atoms. The first-order valence-corrected chi connectivity index (χ1v) is 13.8. The number of primary amides is 1. The van der Waals surface area contributed by atoms with Gasteiger partial charge in [-0.15, -0.1) is 19.0 Å². The van der Waals surface area contributed by atoms with E-state index in [-0.39, 0.29) is 53.8 Å². The zero-order valence-corrected chi connectivity index (χ0v) is 26.4. The topological polar surface area (TPSA) is 166 Å². The molecule has 0 fully saturated rings. The highest BCUT2D eigenvalue weighted by molar-refractivity contribution is 6.23. The second-order valence-corrected chi connectivity index (χ2v) is 10.6. The summed E-state index contributed by atoms with van der Waals surface area (Å²) in [6.07, 6.45) is 5.34. The monoisotopic (exact) mass is 621 g/mol. The largest absolute Gasteiger partial charge is 0.439 e. The molecular weight excluding hydrogens is 578 g/mol. The Kier molecular flexibility index (Phi) is 15.3. The van der Waals surface area contributed by atoms with Crippen molar-refractivity contribution in [2.24, 2.45) is 17.6 Å². The average Bonchev–Trinajstić information content (AvgIpc) is 2.94. The number of ether oxygens (including phenoxy) is 3. The summed E-state index contributed by atoms with van der Waals surface area (Å²) in [5.41, 5.74) is 6.42. The lowest BCUT2D eigenvalue weighted by atomic mass is 9.85. The van der Waals surface area contributed by atoms with Gasteiger partial charge in [0.15, 0.2) is 6.10 Å². The summed E-state index contributed by atoms with van der Waals surface area (Å²) in [6.45, 7) is 10.9. The van der Waals surface area contributed by atoms with E-state index < -0.39 is 53.9 Å². The zero-order valence-electron chi connectivity index (χ0n) is 25.5. The Balaban J connectivity index is 0.00000924. The lowest BCUT2D eigenvalue weighted by molar-refractivity contribution is -0.120. The molecule has 5 N–H and O–H groups in total. The van der Waals surface area contributed by atoms with E-state index in [4.69, 9.17) is 19.9 Å². The van der Waals surface area contributed by atoms with Gasteiger partial charge in [0.1, 0.15) is 6.10 Å². The minimum absolute atomic E-state index is 0. The van der Waals surface area contributed by atoms with Crippen LogP contribution in [-0.2, 0) is 28.6 Å². The molecule has 0 aromatic rings. The molecule has 0 saturated carbocycles. The molecule has 1 heterocycles. The van der Waals surface area contributed by atoms with Crippen LogP contribution in [0.5, 0.6) is 0 Å². The molecule has 0 aromatic carbocycles. The molecule has 2 rings (SSSR count). The van der Waals surface area contributed by atoms with Gasteiger partial charge in [-0.05, 0) is 38.2 Å². The van der Waals surface area contributed by atoms with Crippen molar-refractivity contribution < 1.29 is 38.5 Å². The Hall–Kier alpha value is -3.51. The van der Waals surface area contributed by atoms with Crippen LogP contribution in [0.3, 0.4) is 0 Å². The van der Waals surface area contributed by atoms with Crippen LogP contribution < -0.4 is 16.4 Å². The maximum Gasteiger partial charge on any atom is 0.405 e. The van der Waals surface area contributed by atoms with Crippen molar-refractivity contribution in [1.29, 1.82) is 0 Å². The van der Waals surface area contributed by atoms with E-state index in [1.807, 2.05) is 6.92 Å². The number of rotatable bonds is 6. The average molecular weight is 622 g/mol. The summed E-state index contributed by atoms with van der Waals surface area (Å²) in [6, 6.07) is 0. The van der Waals surface area contributed by atoms with E-state index in [0.29, 0.717) is 12.0 Å². The number of hydrogen-bond acceptors (Lipinski definition) is 9. The van der Waals surface area contributed by atoms with E-state index in [0.717, 1.165) is 6.08 Å². The van der Waals surface area contributed by atoms with E-state index in [2.05, 4.69) is 17.2 Å². The van der Waals surface area contributed by atoms with Crippen molar-refractivity contribution in [2.75, 3.05) is 20.8 Å². The molecule has 2 unspecified atom stereocenters. The molecule has 0 aromatic heterocycles.